The molecular formula is C14H17N3O3. The van der Waals surface area contributed by atoms with Crippen LogP contribution in [0.4, 0.5) is 0 Å². The molecule has 1 aromatic heterocycles. The number of imidazole rings is 1. The topological polar surface area (TPSA) is 67.6 Å². The number of aliphatic hydroxyl groups excluding tert-OH is 1. The molecule has 2 aromatic rings. The monoisotopic (exact) mass is 275 g/mol. The molecule has 0 radical (unpaired) electrons. The molecule has 2 heterocycles. The van der Waals surface area contributed by atoms with Crippen molar-refractivity contribution in [2.75, 3.05) is 26.3 Å². The molecule has 1 fully saturated rings. The van der Waals surface area contributed by atoms with Crippen molar-refractivity contribution in [2.45, 2.75) is 12.6 Å². The highest BCUT2D eigenvalue weighted by Crippen LogP contribution is 2.13. The Morgan fingerprint density at radius 2 is 2.30 bits per heavy atom. The second-order valence-corrected chi connectivity index (χ2v) is 4.88. The Kier molecular flexibility index (Phi) is 3.66. The van der Waals surface area contributed by atoms with Crippen molar-refractivity contribution in [3.8, 4) is 0 Å². The zero-order chi connectivity index (χ0) is 13.9. The number of benzene rings is 1. The van der Waals surface area contributed by atoms with Crippen LogP contribution in [0.3, 0.4) is 0 Å². The number of fused-ring (bicyclic) bond motifs is 1. The highest BCUT2D eigenvalue weighted by atomic mass is 16.5. The van der Waals surface area contributed by atoms with E-state index in [4.69, 9.17) is 9.84 Å². The van der Waals surface area contributed by atoms with Gasteiger partial charge in [-0.3, -0.25) is 4.79 Å². The Morgan fingerprint density at radius 3 is 3.15 bits per heavy atom. The van der Waals surface area contributed by atoms with E-state index in [0.29, 0.717) is 19.7 Å². The van der Waals surface area contributed by atoms with Gasteiger partial charge in [0.05, 0.1) is 36.7 Å². The first-order valence-corrected chi connectivity index (χ1v) is 6.68. The summed E-state index contributed by atoms with van der Waals surface area (Å²) in [5, 5.41) is 9.11. The van der Waals surface area contributed by atoms with Crippen LogP contribution >= 0.6 is 0 Å². The summed E-state index contributed by atoms with van der Waals surface area (Å²) in [7, 11) is 0. The van der Waals surface area contributed by atoms with Crippen LogP contribution in [0.2, 0.25) is 0 Å². The van der Waals surface area contributed by atoms with Gasteiger partial charge in [0.15, 0.2) is 0 Å². The number of morpholine rings is 1. The summed E-state index contributed by atoms with van der Waals surface area (Å²) in [5.74, 6) is 0.0231. The summed E-state index contributed by atoms with van der Waals surface area (Å²) in [5.41, 5.74) is 1.84. The standard InChI is InChI=1S/C14H17N3O3/c18-9-11-7-16(5-6-20-11)14(19)8-17-10-15-12-3-1-2-4-13(12)17/h1-4,10-11,18H,5-9H2. The first-order chi connectivity index (χ1) is 9.78. The lowest BCUT2D eigenvalue weighted by molar-refractivity contribution is -0.140. The van der Waals surface area contributed by atoms with E-state index >= 15 is 0 Å². The number of aliphatic hydroxyl groups is 1. The molecule has 1 aromatic carbocycles. The minimum atomic E-state index is -0.271. The number of hydrogen-bond acceptors (Lipinski definition) is 4. The first kappa shape index (κ1) is 13.1. The predicted molar refractivity (Wildman–Crippen MR) is 73.1 cm³/mol. The molecule has 6 heteroatoms. The summed E-state index contributed by atoms with van der Waals surface area (Å²) < 4.78 is 7.20. The lowest BCUT2D eigenvalue weighted by atomic mass is 10.2. The van der Waals surface area contributed by atoms with Crippen molar-refractivity contribution in [2.24, 2.45) is 0 Å². The largest absolute Gasteiger partial charge is 0.394 e. The van der Waals surface area contributed by atoms with Crippen molar-refractivity contribution in [3.63, 3.8) is 0 Å². The summed E-state index contributed by atoms with van der Waals surface area (Å²) in [6.07, 6.45) is 1.42. The highest BCUT2D eigenvalue weighted by molar-refractivity contribution is 5.80. The van der Waals surface area contributed by atoms with Crippen LogP contribution in [-0.2, 0) is 16.1 Å². The van der Waals surface area contributed by atoms with Gasteiger partial charge in [0.2, 0.25) is 5.91 Å². The number of nitrogens with zero attached hydrogens (tertiary/aromatic N) is 3. The van der Waals surface area contributed by atoms with E-state index in [-0.39, 0.29) is 25.2 Å². The van der Waals surface area contributed by atoms with E-state index in [1.807, 2.05) is 28.8 Å². The second-order valence-electron chi connectivity index (χ2n) is 4.88. The SMILES string of the molecule is O=C(Cn1cnc2ccccc21)N1CCOC(CO)C1. The Hall–Kier alpha value is -1.92. The minimum Gasteiger partial charge on any atom is -0.394 e. The smallest absolute Gasteiger partial charge is 0.242 e. The van der Waals surface area contributed by atoms with E-state index in [1.54, 1.807) is 11.2 Å². The van der Waals surface area contributed by atoms with E-state index < -0.39 is 0 Å². The molecule has 0 saturated carbocycles. The van der Waals surface area contributed by atoms with Crippen molar-refractivity contribution >= 4 is 16.9 Å². The minimum absolute atomic E-state index is 0.0231. The first-order valence-electron chi connectivity index (χ1n) is 6.68. The molecule has 1 aliphatic heterocycles. The number of para-hydroxylation sites is 2. The summed E-state index contributed by atoms with van der Waals surface area (Å²) in [4.78, 5) is 18.3. The Bertz CT molecular complexity index is 610. The van der Waals surface area contributed by atoms with Gasteiger partial charge in [0, 0.05) is 13.1 Å². The van der Waals surface area contributed by atoms with Crippen LogP contribution in [0.15, 0.2) is 30.6 Å². The van der Waals surface area contributed by atoms with Crippen LogP contribution in [0.25, 0.3) is 11.0 Å². The number of carbonyl (C=O) groups excluding carboxylic acids is 1. The lowest BCUT2D eigenvalue weighted by Crippen LogP contribution is -2.47. The van der Waals surface area contributed by atoms with Crippen LogP contribution in [-0.4, -0.2) is 57.9 Å². The van der Waals surface area contributed by atoms with Gasteiger partial charge in [0.1, 0.15) is 6.54 Å². The maximum Gasteiger partial charge on any atom is 0.242 e. The zero-order valence-electron chi connectivity index (χ0n) is 11.1. The van der Waals surface area contributed by atoms with Gasteiger partial charge in [-0.2, -0.15) is 0 Å². The number of ether oxygens (including phenoxy) is 1. The van der Waals surface area contributed by atoms with E-state index in [1.165, 1.54) is 0 Å². The van der Waals surface area contributed by atoms with Crippen LogP contribution in [0.5, 0.6) is 0 Å². The van der Waals surface area contributed by atoms with Gasteiger partial charge < -0.3 is 19.3 Å². The third-order valence-electron chi connectivity index (χ3n) is 3.53. The average molecular weight is 275 g/mol. The molecule has 1 unspecified atom stereocenters. The second kappa shape index (κ2) is 5.60. The van der Waals surface area contributed by atoms with Crippen LogP contribution in [0.1, 0.15) is 0 Å². The number of rotatable bonds is 3. The molecule has 1 saturated heterocycles. The fraction of sp³-hybridized carbons (Fsp3) is 0.429. The molecule has 106 valence electrons. The van der Waals surface area contributed by atoms with Gasteiger partial charge in [0.25, 0.3) is 0 Å². The maximum atomic E-state index is 12.3. The molecule has 1 N–H and O–H groups in total. The zero-order valence-corrected chi connectivity index (χ0v) is 11.1. The van der Waals surface area contributed by atoms with Gasteiger partial charge in [-0.15, -0.1) is 0 Å². The third-order valence-corrected chi connectivity index (χ3v) is 3.53. The molecule has 6 nitrogen and oxygen atoms in total. The fourth-order valence-corrected chi connectivity index (χ4v) is 2.44. The fourth-order valence-electron chi connectivity index (χ4n) is 2.44. The van der Waals surface area contributed by atoms with Crippen molar-refractivity contribution < 1.29 is 14.6 Å². The maximum absolute atomic E-state index is 12.3. The van der Waals surface area contributed by atoms with Crippen molar-refractivity contribution in [1.29, 1.82) is 0 Å². The summed E-state index contributed by atoms with van der Waals surface area (Å²) >= 11 is 0. The lowest BCUT2D eigenvalue weighted by Gasteiger charge is -2.32. The van der Waals surface area contributed by atoms with Gasteiger partial charge in [-0.1, -0.05) is 12.1 Å². The molecule has 3 rings (SSSR count). The number of carbonyl (C=O) groups is 1. The molecule has 0 spiro atoms. The molecule has 1 amide bonds. The molecule has 1 aliphatic rings. The van der Waals surface area contributed by atoms with Crippen molar-refractivity contribution in [3.05, 3.63) is 30.6 Å². The highest BCUT2D eigenvalue weighted by Gasteiger charge is 2.23. The van der Waals surface area contributed by atoms with Gasteiger partial charge in [-0.05, 0) is 12.1 Å². The van der Waals surface area contributed by atoms with Gasteiger partial charge in [-0.25, -0.2) is 4.98 Å². The predicted octanol–water partition coefficient (Wildman–Crippen LogP) is 0.256. The van der Waals surface area contributed by atoms with Crippen LogP contribution < -0.4 is 0 Å². The van der Waals surface area contributed by atoms with Crippen LogP contribution in [0, 0.1) is 0 Å². The van der Waals surface area contributed by atoms with E-state index in [2.05, 4.69) is 4.98 Å². The molecular weight excluding hydrogens is 258 g/mol. The molecule has 0 aliphatic carbocycles. The average Bonchev–Trinajstić information content (AvgIpc) is 2.90. The normalized spacial score (nSPS) is 19.4. The summed E-state index contributed by atoms with van der Waals surface area (Å²) in [6.45, 7) is 1.70. The third kappa shape index (κ3) is 2.52. The van der Waals surface area contributed by atoms with E-state index in [0.717, 1.165) is 11.0 Å². The Balaban J connectivity index is 1.72. The summed E-state index contributed by atoms with van der Waals surface area (Å²) in [6, 6.07) is 7.73. The van der Waals surface area contributed by atoms with E-state index in [9.17, 15) is 4.79 Å². The number of hydrogen-bond donors (Lipinski definition) is 1. The molecule has 20 heavy (non-hydrogen) atoms. The molecule has 1 atom stereocenters. The Morgan fingerprint density at radius 1 is 1.45 bits per heavy atom. The number of amides is 1. The molecule has 0 bridgehead atoms. The number of aromatic nitrogens is 2. The quantitative estimate of drug-likeness (QED) is 0.872. The van der Waals surface area contributed by atoms with Crippen molar-refractivity contribution in [1.82, 2.24) is 14.5 Å². The van der Waals surface area contributed by atoms with Gasteiger partial charge >= 0.3 is 0 Å². The Labute approximate surface area is 116 Å².